The molecule has 0 aliphatic carbocycles. The van der Waals surface area contributed by atoms with E-state index >= 15 is 0 Å². The van der Waals surface area contributed by atoms with E-state index in [2.05, 4.69) is 41.5 Å². The van der Waals surface area contributed by atoms with Crippen LogP contribution in [-0.2, 0) is 16.1 Å². The summed E-state index contributed by atoms with van der Waals surface area (Å²) in [7, 11) is 0. The number of carbonyl (C=O) groups excluding carboxylic acids is 1. The van der Waals surface area contributed by atoms with Gasteiger partial charge in [0.1, 0.15) is 0 Å². The van der Waals surface area contributed by atoms with Gasteiger partial charge in [-0.2, -0.15) is 0 Å². The summed E-state index contributed by atoms with van der Waals surface area (Å²) < 4.78 is 5.80. The molecule has 5 nitrogen and oxygen atoms in total. The van der Waals surface area contributed by atoms with Gasteiger partial charge in [-0.3, -0.25) is 9.69 Å². The Bertz CT molecular complexity index is 562. The van der Waals surface area contributed by atoms with E-state index in [9.17, 15) is 4.79 Å². The van der Waals surface area contributed by atoms with Gasteiger partial charge < -0.3 is 15.4 Å². The quantitative estimate of drug-likeness (QED) is 0.832. The molecule has 3 rings (SSSR count). The van der Waals surface area contributed by atoms with Crippen molar-refractivity contribution in [3.8, 4) is 0 Å². The molecule has 0 radical (unpaired) electrons. The number of anilines is 1. The monoisotopic (exact) mass is 345 g/mol. The number of rotatable bonds is 6. The largest absolute Gasteiger partial charge is 0.373 e. The van der Waals surface area contributed by atoms with E-state index < -0.39 is 0 Å². The minimum absolute atomic E-state index is 0.123. The zero-order chi connectivity index (χ0) is 17.6. The Balaban J connectivity index is 1.49. The summed E-state index contributed by atoms with van der Waals surface area (Å²) in [6.07, 6.45) is 3.32. The molecule has 1 amide bonds. The number of nitrogens with zero attached hydrogens (tertiary/aromatic N) is 1. The molecule has 0 saturated carbocycles. The van der Waals surface area contributed by atoms with Gasteiger partial charge in [-0.1, -0.05) is 12.1 Å². The molecule has 2 saturated heterocycles. The molecule has 1 aromatic carbocycles. The average molecular weight is 345 g/mol. The highest BCUT2D eigenvalue weighted by atomic mass is 16.5. The number of morpholine rings is 1. The number of ether oxygens (including phenoxy) is 1. The Morgan fingerprint density at radius 2 is 2.12 bits per heavy atom. The number of carbonyl (C=O) groups is 1. The van der Waals surface area contributed by atoms with Crippen molar-refractivity contribution in [1.82, 2.24) is 10.2 Å². The fraction of sp³-hybridized carbons (Fsp3) is 0.650. The van der Waals surface area contributed by atoms with Crippen LogP contribution < -0.4 is 10.6 Å². The molecule has 3 unspecified atom stereocenters. The molecule has 5 heteroatoms. The van der Waals surface area contributed by atoms with Crippen molar-refractivity contribution < 1.29 is 9.53 Å². The van der Waals surface area contributed by atoms with Crippen molar-refractivity contribution in [3.63, 3.8) is 0 Å². The van der Waals surface area contributed by atoms with Crippen molar-refractivity contribution in [2.24, 2.45) is 5.92 Å². The number of amides is 1. The van der Waals surface area contributed by atoms with Crippen LogP contribution in [0.2, 0.25) is 0 Å². The lowest BCUT2D eigenvalue weighted by atomic mass is 10.0. The van der Waals surface area contributed by atoms with Gasteiger partial charge in [0.05, 0.1) is 12.2 Å². The Labute approximate surface area is 151 Å². The standard InChI is InChI=1S/C20H31N3O2/c1-15-12-23(13-16(2)25-15)14-18-4-3-5-19(10-18)22-20(24)7-6-17-8-9-21-11-17/h3-5,10,15-17,21H,6-9,11-14H2,1-2H3,(H,22,24). The van der Waals surface area contributed by atoms with Crippen LogP contribution in [0.3, 0.4) is 0 Å². The number of hydrogen-bond acceptors (Lipinski definition) is 4. The molecule has 0 spiro atoms. The van der Waals surface area contributed by atoms with E-state index in [1.807, 2.05) is 12.1 Å². The normalized spacial score (nSPS) is 27.4. The highest BCUT2D eigenvalue weighted by Gasteiger charge is 2.22. The maximum absolute atomic E-state index is 12.2. The molecule has 25 heavy (non-hydrogen) atoms. The molecule has 1 aromatic rings. The number of hydrogen-bond donors (Lipinski definition) is 2. The Morgan fingerprint density at radius 1 is 1.32 bits per heavy atom. The fourth-order valence-corrected chi connectivity index (χ4v) is 3.94. The summed E-state index contributed by atoms with van der Waals surface area (Å²) in [5.74, 6) is 0.778. The van der Waals surface area contributed by atoms with Gasteiger partial charge in [0.2, 0.25) is 5.91 Å². The van der Waals surface area contributed by atoms with Gasteiger partial charge in [-0.25, -0.2) is 0 Å². The van der Waals surface area contributed by atoms with Gasteiger partial charge in [0.25, 0.3) is 0 Å². The zero-order valence-corrected chi connectivity index (χ0v) is 15.5. The van der Waals surface area contributed by atoms with Crippen molar-refractivity contribution in [2.75, 3.05) is 31.5 Å². The van der Waals surface area contributed by atoms with Gasteiger partial charge in [-0.15, -0.1) is 0 Å². The van der Waals surface area contributed by atoms with E-state index in [0.717, 1.165) is 44.8 Å². The molecule has 2 aliphatic rings. The Morgan fingerprint density at radius 3 is 2.84 bits per heavy atom. The van der Waals surface area contributed by atoms with E-state index in [4.69, 9.17) is 4.74 Å². The van der Waals surface area contributed by atoms with Crippen LogP contribution >= 0.6 is 0 Å². The van der Waals surface area contributed by atoms with Crippen molar-refractivity contribution >= 4 is 11.6 Å². The molecular weight excluding hydrogens is 314 g/mol. The summed E-state index contributed by atoms with van der Waals surface area (Å²) in [5.41, 5.74) is 2.14. The molecule has 2 heterocycles. The second-order valence-corrected chi connectivity index (χ2v) is 7.60. The summed E-state index contributed by atoms with van der Waals surface area (Å²) in [4.78, 5) is 14.6. The van der Waals surface area contributed by atoms with Crippen LogP contribution in [0.4, 0.5) is 5.69 Å². The molecule has 3 atom stereocenters. The van der Waals surface area contributed by atoms with Crippen LogP contribution in [0.15, 0.2) is 24.3 Å². The summed E-state index contributed by atoms with van der Waals surface area (Å²) >= 11 is 0. The van der Waals surface area contributed by atoms with Crippen LogP contribution in [0.1, 0.15) is 38.7 Å². The maximum Gasteiger partial charge on any atom is 0.224 e. The van der Waals surface area contributed by atoms with Gasteiger partial charge >= 0.3 is 0 Å². The van der Waals surface area contributed by atoms with Gasteiger partial charge in [0.15, 0.2) is 0 Å². The maximum atomic E-state index is 12.2. The average Bonchev–Trinajstić information content (AvgIpc) is 3.06. The van der Waals surface area contributed by atoms with E-state index in [1.54, 1.807) is 0 Å². The molecule has 2 aliphatic heterocycles. The first-order valence-electron chi connectivity index (χ1n) is 9.56. The smallest absolute Gasteiger partial charge is 0.224 e. The van der Waals surface area contributed by atoms with Crippen molar-refractivity contribution in [1.29, 1.82) is 0 Å². The summed E-state index contributed by atoms with van der Waals surface area (Å²) in [5, 5.41) is 6.41. The van der Waals surface area contributed by atoms with E-state index in [0.29, 0.717) is 12.3 Å². The van der Waals surface area contributed by atoms with Crippen molar-refractivity contribution in [2.45, 2.75) is 51.9 Å². The lowest BCUT2D eigenvalue weighted by molar-refractivity contribution is -0.116. The van der Waals surface area contributed by atoms with Crippen LogP contribution in [-0.4, -0.2) is 49.2 Å². The molecule has 2 N–H and O–H groups in total. The van der Waals surface area contributed by atoms with Crippen LogP contribution in [0.25, 0.3) is 0 Å². The summed E-state index contributed by atoms with van der Waals surface area (Å²) in [6.45, 7) is 9.20. The third kappa shape index (κ3) is 5.80. The molecular formula is C20H31N3O2. The summed E-state index contributed by atoms with van der Waals surface area (Å²) in [6, 6.07) is 8.23. The molecule has 2 fully saturated rings. The molecule has 0 bridgehead atoms. The first kappa shape index (κ1) is 18.4. The Kier molecular flexibility index (Phi) is 6.45. The zero-order valence-electron chi connectivity index (χ0n) is 15.5. The lowest BCUT2D eigenvalue weighted by Crippen LogP contribution is -2.44. The molecule has 138 valence electrons. The lowest BCUT2D eigenvalue weighted by Gasteiger charge is -2.35. The SMILES string of the molecule is CC1CN(Cc2cccc(NC(=O)CCC3CCNC3)c2)CC(C)O1. The van der Waals surface area contributed by atoms with Gasteiger partial charge in [0, 0.05) is 31.7 Å². The first-order chi connectivity index (χ1) is 12.1. The minimum Gasteiger partial charge on any atom is -0.373 e. The van der Waals surface area contributed by atoms with E-state index in [-0.39, 0.29) is 18.1 Å². The predicted octanol–water partition coefficient (Wildman–Crippen LogP) is 2.62. The second-order valence-electron chi connectivity index (χ2n) is 7.60. The first-order valence-corrected chi connectivity index (χ1v) is 9.56. The fourth-order valence-electron chi connectivity index (χ4n) is 3.94. The van der Waals surface area contributed by atoms with Crippen LogP contribution in [0, 0.1) is 5.92 Å². The molecule has 0 aromatic heterocycles. The highest BCUT2D eigenvalue weighted by Crippen LogP contribution is 2.18. The highest BCUT2D eigenvalue weighted by molar-refractivity contribution is 5.90. The van der Waals surface area contributed by atoms with Crippen LogP contribution in [0.5, 0.6) is 0 Å². The van der Waals surface area contributed by atoms with Crippen molar-refractivity contribution in [3.05, 3.63) is 29.8 Å². The van der Waals surface area contributed by atoms with E-state index in [1.165, 1.54) is 12.0 Å². The Hall–Kier alpha value is -1.43. The number of benzene rings is 1. The second kappa shape index (κ2) is 8.79. The predicted molar refractivity (Wildman–Crippen MR) is 101 cm³/mol. The number of nitrogens with one attached hydrogen (secondary N) is 2. The topological polar surface area (TPSA) is 53.6 Å². The minimum atomic E-state index is 0.123. The third-order valence-electron chi connectivity index (χ3n) is 5.05. The van der Waals surface area contributed by atoms with Gasteiger partial charge in [-0.05, 0) is 63.4 Å². The third-order valence-corrected chi connectivity index (χ3v) is 5.05.